The normalized spacial score (nSPS) is 11.6. The van der Waals surface area contributed by atoms with Gasteiger partial charge in [0.1, 0.15) is 5.69 Å². The Morgan fingerprint density at radius 3 is 2.73 bits per heavy atom. The van der Waals surface area contributed by atoms with Crippen LogP contribution in [0, 0.1) is 10.1 Å². The Hall–Kier alpha value is -2.96. The number of hydrogen-bond donors (Lipinski definition) is 2. The lowest BCUT2D eigenvalue weighted by Gasteiger charge is -2.15. The lowest BCUT2D eigenvalue weighted by Crippen LogP contribution is -2.24. The van der Waals surface area contributed by atoms with Crippen LogP contribution in [0.15, 0.2) is 42.6 Å². The Morgan fingerprint density at radius 1 is 1.27 bits per heavy atom. The zero-order chi connectivity index (χ0) is 18.9. The minimum atomic E-state index is -0.485. The second-order valence-corrected chi connectivity index (χ2v) is 6.07. The topological polar surface area (TPSA) is 97.2 Å². The van der Waals surface area contributed by atoms with Crippen LogP contribution in [0.3, 0.4) is 0 Å². The fraction of sp³-hybridized carbons (Fsp3) is 0.368. The summed E-state index contributed by atoms with van der Waals surface area (Å²) in [4.78, 5) is 27.4. The van der Waals surface area contributed by atoms with Gasteiger partial charge in [0.2, 0.25) is 0 Å². The van der Waals surface area contributed by atoms with Gasteiger partial charge in [0, 0.05) is 24.4 Å². The van der Waals surface area contributed by atoms with Crippen molar-refractivity contribution >= 4 is 17.3 Å². The molecular weight excluding hydrogens is 332 g/mol. The van der Waals surface area contributed by atoms with E-state index in [9.17, 15) is 14.9 Å². The van der Waals surface area contributed by atoms with Crippen molar-refractivity contribution in [2.75, 3.05) is 11.9 Å². The summed E-state index contributed by atoms with van der Waals surface area (Å²) in [7, 11) is 0. The molecule has 1 aromatic carbocycles. The molecule has 2 aromatic rings. The Bertz CT molecular complexity index is 750. The maximum atomic E-state index is 12.2. The van der Waals surface area contributed by atoms with Gasteiger partial charge < -0.3 is 10.6 Å². The van der Waals surface area contributed by atoms with Crippen LogP contribution in [0.2, 0.25) is 0 Å². The van der Waals surface area contributed by atoms with Crippen LogP contribution in [-0.2, 0) is 0 Å². The predicted molar refractivity (Wildman–Crippen MR) is 101 cm³/mol. The molecule has 0 spiro atoms. The molecule has 138 valence electrons. The van der Waals surface area contributed by atoms with Crippen LogP contribution in [0.4, 0.5) is 11.4 Å². The standard InChI is InChI=1S/C19H24N4O3/c1-3-4-6-12-21-19(24)15-9-10-17(18(13-15)23(25)26)22-14(2)16-8-5-7-11-20-16/h5,7-11,13-14,22H,3-4,6,12H2,1-2H3,(H,21,24). The SMILES string of the molecule is CCCCCNC(=O)c1ccc(NC(C)c2ccccn2)c([N+](=O)[O-])c1. The molecule has 26 heavy (non-hydrogen) atoms. The summed E-state index contributed by atoms with van der Waals surface area (Å²) in [5.74, 6) is -0.298. The highest BCUT2D eigenvalue weighted by Crippen LogP contribution is 2.28. The fourth-order valence-corrected chi connectivity index (χ4v) is 2.56. The monoisotopic (exact) mass is 356 g/mol. The van der Waals surface area contributed by atoms with Gasteiger partial charge in [0.15, 0.2) is 0 Å². The number of hydrogen-bond acceptors (Lipinski definition) is 5. The highest BCUT2D eigenvalue weighted by molar-refractivity contribution is 5.95. The first-order valence-corrected chi connectivity index (χ1v) is 8.77. The number of rotatable bonds is 9. The van der Waals surface area contributed by atoms with Crippen molar-refractivity contribution in [3.63, 3.8) is 0 Å². The third kappa shape index (κ3) is 5.27. The van der Waals surface area contributed by atoms with Crippen LogP contribution < -0.4 is 10.6 Å². The Labute approximate surface area is 153 Å². The molecule has 2 rings (SSSR count). The van der Waals surface area contributed by atoms with E-state index in [4.69, 9.17) is 0 Å². The van der Waals surface area contributed by atoms with Gasteiger partial charge in [-0.15, -0.1) is 0 Å². The number of nitrogens with one attached hydrogen (secondary N) is 2. The molecule has 0 aliphatic carbocycles. The molecular formula is C19H24N4O3. The molecule has 2 N–H and O–H groups in total. The first-order valence-electron chi connectivity index (χ1n) is 8.77. The van der Waals surface area contributed by atoms with E-state index in [1.54, 1.807) is 18.3 Å². The number of nitro benzene ring substituents is 1. The maximum Gasteiger partial charge on any atom is 0.293 e. The van der Waals surface area contributed by atoms with E-state index in [2.05, 4.69) is 22.5 Å². The average molecular weight is 356 g/mol. The van der Waals surface area contributed by atoms with E-state index in [1.807, 2.05) is 25.1 Å². The number of aromatic nitrogens is 1. The van der Waals surface area contributed by atoms with Crippen molar-refractivity contribution in [2.24, 2.45) is 0 Å². The van der Waals surface area contributed by atoms with Gasteiger partial charge in [-0.2, -0.15) is 0 Å². The fourth-order valence-electron chi connectivity index (χ4n) is 2.56. The van der Waals surface area contributed by atoms with E-state index in [-0.39, 0.29) is 23.2 Å². The molecule has 0 aliphatic heterocycles. The zero-order valence-corrected chi connectivity index (χ0v) is 15.1. The molecule has 7 nitrogen and oxygen atoms in total. The number of unbranched alkanes of at least 4 members (excludes halogenated alkanes) is 2. The Morgan fingerprint density at radius 2 is 2.08 bits per heavy atom. The van der Waals surface area contributed by atoms with Crippen molar-refractivity contribution in [3.8, 4) is 0 Å². The van der Waals surface area contributed by atoms with E-state index in [1.165, 1.54) is 6.07 Å². The van der Waals surface area contributed by atoms with E-state index < -0.39 is 4.92 Å². The summed E-state index contributed by atoms with van der Waals surface area (Å²) < 4.78 is 0. The van der Waals surface area contributed by atoms with Gasteiger partial charge in [0.25, 0.3) is 11.6 Å². The molecule has 1 aromatic heterocycles. The zero-order valence-electron chi connectivity index (χ0n) is 15.1. The number of nitrogens with zero attached hydrogens (tertiary/aromatic N) is 2. The minimum absolute atomic E-state index is 0.131. The molecule has 0 fully saturated rings. The number of benzene rings is 1. The molecule has 7 heteroatoms. The summed E-state index contributed by atoms with van der Waals surface area (Å²) in [6.07, 6.45) is 4.67. The highest BCUT2D eigenvalue weighted by atomic mass is 16.6. The summed E-state index contributed by atoms with van der Waals surface area (Å²) in [6, 6.07) is 9.79. The van der Waals surface area contributed by atoms with Crippen molar-refractivity contribution < 1.29 is 9.72 Å². The Balaban J connectivity index is 2.13. The number of anilines is 1. The second-order valence-electron chi connectivity index (χ2n) is 6.07. The first-order chi connectivity index (χ1) is 12.5. The highest BCUT2D eigenvalue weighted by Gasteiger charge is 2.19. The number of carbonyl (C=O) groups is 1. The summed E-state index contributed by atoms with van der Waals surface area (Å²) in [5.41, 5.74) is 1.29. The number of nitro groups is 1. The van der Waals surface area contributed by atoms with Crippen molar-refractivity contribution in [2.45, 2.75) is 39.2 Å². The summed E-state index contributed by atoms with van der Waals surface area (Å²) in [5, 5.41) is 17.3. The first kappa shape index (κ1) is 19.4. The molecule has 1 unspecified atom stereocenters. The smallest absolute Gasteiger partial charge is 0.293 e. The summed E-state index contributed by atoms with van der Waals surface area (Å²) >= 11 is 0. The largest absolute Gasteiger partial charge is 0.371 e. The average Bonchev–Trinajstić information content (AvgIpc) is 2.65. The molecule has 0 saturated carbocycles. The lowest BCUT2D eigenvalue weighted by molar-refractivity contribution is -0.384. The van der Waals surface area contributed by atoms with Crippen molar-refractivity contribution in [3.05, 3.63) is 64.0 Å². The van der Waals surface area contributed by atoms with Crippen LogP contribution in [0.1, 0.15) is 55.2 Å². The van der Waals surface area contributed by atoms with Gasteiger partial charge >= 0.3 is 0 Å². The van der Waals surface area contributed by atoms with Crippen molar-refractivity contribution in [1.29, 1.82) is 0 Å². The third-order valence-corrected chi connectivity index (χ3v) is 4.03. The number of carbonyl (C=O) groups excluding carboxylic acids is 1. The van der Waals surface area contributed by atoms with E-state index >= 15 is 0 Å². The van der Waals surface area contributed by atoms with Crippen molar-refractivity contribution in [1.82, 2.24) is 10.3 Å². The molecule has 0 saturated heterocycles. The maximum absolute atomic E-state index is 12.2. The lowest BCUT2D eigenvalue weighted by atomic mass is 10.1. The van der Waals surface area contributed by atoms with Gasteiger partial charge in [-0.05, 0) is 37.6 Å². The Kier molecular flexibility index (Phi) is 7.08. The van der Waals surface area contributed by atoms with Gasteiger partial charge in [0.05, 0.1) is 16.7 Å². The van der Waals surface area contributed by atoms with Crippen LogP contribution in [0.5, 0.6) is 0 Å². The molecule has 1 amide bonds. The molecule has 1 heterocycles. The van der Waals surface area contributed by atoms with Crippen LogP contribution in [-0.4, -0.2) is 22.4 Å². The summed E-state index contributed by atoms with van der Waals surface area (Å²) in [6.45, 7) is 4.53. The molecule has 0 aliphatic rings. The quantitative estimate of drug-likeness (QED) is 0.401. The van der Waals surface area contributed by atoms with Gasteiger partial charge in [-0.3, -0.25) is 19.9 Å². The number of pyridine rings is 1. The number of amides is 1. The molecule has 0 bridgehead atoms. The third-order valence-electron chi connectivity index (χ3n) is 4.03. The van der Waals surface area contributed by atoms with Crippen LogP contribution >= 0.6 is 0 Å². The van der Waals surface area contributed by atoms with Crippen LogP contribution in [0.25, 0.3) is 0 Å². The van der Waals surface area contributed by atoms with E-state index in [0.717, 1.165) is 25.0 Å². The van der Waals surface area contributed by atoms with E-state index in [0.29, 0.717) is 12.2 Å². The molecule has 1 atom stereocenters. The minimum Gasteiger partial charge on any atom is -0.371 e. The van der Waals surface area contributed by atoms with Gasteiger partial charge in [-0.1, -0.05) is 25.8 Å². The van der Waals surface area contributed by atoms with Gasteiger partial charge in [-0.25, -0.2) is 0 Å². The second kappa shape index (κ2) is 9.50. The molecule has 0 radical (unpaired) electrons. The predicted octanol–water partition coefficient (Wildman–Crippen LogP) is 4.08.